The van der Waals surface area contributed by atoms with Crippen LogP contribution < -0.4 is 5.32 Å². The molecule has 4 heteroatoms. The molecule has 0 spiro atoms. The van der Waals surface area contributed by atoms with E-state index in [2.05, 4.69) is 5.32 Å². The Kier molecular flexibility index (Phi) is 5.31. The molecule has 1 aliphatic rings. The van der Waals surface area contributed by atoms with Gasteiger partial charge in [0.15, 0.2) is 0 Å². The summed E-state index contributed by atoms with van der Waals surface area (Å²) in [7, 11) is 0. The molecule has 78 valence electrons. The molecule has 4 nitrogen and oxygen atoms in total. The normalized spacial score (nSPS) is 24.9. The van der Waals surface area contributed by atoms with Gasteiger partial charge in [-0.3, -0.25) is 0 Å². The van der Waals surface area contributed by atoms with Gasteiger partial charge in [-0.1, -0.05) is 0 Å². The summed E-state index contributed by atoms with van der Waals surface area (Å²) >= 11 is 0. The van der Waals surface area contributed by atoms with Crippen LogP contribution in [0.25, 0.3) is 0 Å². The zero-order chi connectivity index (χ0) is 9.52. The average Bonchev–Trinajstić information content (AvgIpc) is 2.64. The second-order valence-corrected chi connectivity index (χ2v) is 3.46. The number of hydrogen-bond acceptors (Lipinski definition) is 4. The van der Waals surface area contributed by atoms with E-state index in [1.54, 1.807) is 0 Å². The van der Waals surface area contributed by atoms with Crippen molar-refractivity contribution in [3.63, 3.8) is 0 Å². The van der Waals surface area contributed by atoms with Crippen molar-refractivity contribution in [1.29, 1.82) is 0 Å². The molecule has 0 aromatic rings. The summed E-state index contributed by atoms with van der Waals surface area (Å²) in [6, 6.07) is 0. The lowest BCUT2D eigenvalue weighted by Crippen LogP contribution is -2.31. The molecule has 0 aliphatic carbocycles. The molecule has 0 amide bonds. The third-order valence-electron chi connectivity index (χ3n) is 2.26. The molecular weight excluding hydrogens is 170 g/mol. The first-order valence-electron chi connectivity index (χ1n) is 4.94. The predicted molar refractivity (Wildman–Crippen MR) is 49.6 cm³/mol. The monoisotopic (exact) mass is 189 g/mol. The Morgan fingerprint density at radius 1 is 1.54 bits per heavy atom. The Bertz CT molecular complexity index is 126. The van der Waals surface area contributed by atoms with E-state index < -0.39 is 6.10 Å². The fourth-order valence-electron chi connectivity index (χ4n) is 1.47. The molecule has 1 unspecified atom stereocenters. The quantitative estimate of drug-likeness (QED) is 0.493. The number of aliphatic hydroxyl groups is 2. The summed E-state index contributed by atoms with van der Waals surface area (Å²) in [6.45, 7) is 2.03. The Morgan fingerprint density at radius 3 is 3.00 bits per heavy atom. The molecular formula is C9H19NO3. The van der Waals surface area contributed by atoms with E-state index in [4.69, 9.17) is 14.9 Å². The highest BCUT2D eigenvalue weighted by Gasteiger charge is 2.14. The summed E-state index contributed by atoms with van der Waals surface area (Å²) in [5.74, 6) is 0. The zero-order valence-corrected chi connectivity index (χ0v) is 7.91. The van der Waals surface area contributed by atoms with Crippen LogP contribution in [-0.4, -0.2) is 48.7 Å². The number of ether oxygens (including phenoxy) is 1. The van der Waals surface area contributed by atoms with Crippen molar-refractivity contribution in [2.45, 2.75) is 31.5 Å². The highest BCUT2D eigenvalue weighted by atomic mass is 16.5. The zero-order valence-electron chi connectivity index (χ0n) is 7.91. The largest absolute Gasteiger partial charge is 0.394 e. The summed E-state index contributed by atoms with van der Waals surface area (Å²) in [6.07, 6.45) is 3.09. The molecule has 1 heterocycles. The Labute approximate surface area is 78.9 Å². The van der Waals surface area contributed by atoms with Crippen molar-refractivity contribution in [2.75, 3.05) is 26.3 Å². The number of aliphatic hydroxyl groups excluding tert-OH is 2. The minimum atomic E-state index is -0.635. The minimum absolute atomic E-state index is 0.174. The molecule has 0 aromatic heterocycles. The number of nitrogens with one attached hydrogen (secondary N) is 1. The van der Waals surface area contributed by atoms with Crippen molar-refractivity contribution in [3.8, 4) is 0 Å². The van der Waals surface area contributed by atoms with Gasteiger partial charge >= 0.3 is 0 Å². The lowest BCUT2D eigenvalue weighted by molar-refractivity contribution is 0.0877. The van der Waals surface area contributed by atoms with E-state index in [0.29, 0.717) is 12.6 Å². The maximum absolute atomic E-state index is 9.01. The van der Waals surface area contributed by atoms with E-state index >= 15 is 0 Å². The number of hydrogen-bond donors (Lipinski definition) is 3. The van der Waals surface area contributed by atoms with Gasteiger partial charge in [-0.25, -0.2) is 0 Å². The molecule has 1 saturated heterocycles. The lowest BCUT2D eigenvalue weighted by Gasteiger charge is -2.11. The summed E-state index contributed by atoms with van der Waals surface area (Å²) in [5.41, 5.74) is 0. The van der Waals surface area contributed by atoms with Crippen molar-refractivity contribution in [2.24, 2.45) is 0 Å². The molecule has 13 heavy (non-hydrogen) atoms. The van der Waals surface area contributed by atoms with Crippen LogP contribution in [0.3, 0.4) is 0 Å². The minimum Gasteiger partial charge on any atom is -0.394 e. The summed E-state index contributed by atoms with van der Waals surface area (Å²) in [5, 5.41) is 20.6. The van der Waals surface area contributed by atoms with Gasteiger partial charge < -0.3 is 20.3 Å². The van der Waals surface area contributed by atoms with Gasteiger partial charge in [0.2, 0.25) is 0 Å². The van der Waals surface area contributed by atoms with Crippen LogP contribution in [0.15, 0.2) is 0 Å². The van der Waals surface area contributed by atoms with Gasteiger partial charge in [-0.2, -0.15) is 0 Å². The molecule has 1 fully saturated rings. The van der Waals surface area contributed by atoms with Crippen molar-refractivity contribution >= 4 is 0 Å². The van der Waals surface area contributed by atoms with E-state index in [1.807, 2.05) is 0 Å². The highest BCUT2D eigenvalue weighted by molar-refractivity contribution is 4.66. The van der Waals surface area contributed by atoms with Crippen LogP contribution in [0.1, 0.15) is 19.3 Å². The summed E-state index contributed by atoms with van der Waals surface area (Å²) < 4.78 is 5.43. The second-order valence-electron chi connectivity index (χ2n) is 3.46. The molecule has 0 aromatic carbocycles. The molecule has 0 saturated carbocycles. The van der Waals surface area contributed by atoms with Crippen LogP contribution in [0.4, 0.5) is 0 Å². The van der Waals surface area contributed by atoms with Crippen LogP contribution in [0.2, 0.25) is 0 Å². The van der Waals surface area contributed by atoms with Gasteiger partial charge in [0.25, 0.3) is 0 Å². The van der Waals surface area contributed by atoms with E-state index in [9.17, 15) is 0 Å². The van der Waals surface area contributed by atoms with Crippen LogP contribution in [-0.2, 0) is 4.74 Å². The van der Waals surface area contributed by atoms with Crippen LogP contribution in [0, 0.1) is 0 Å². The highest BCUT2D eigenvalue weighted by Crippen LogP contribution is 2.14. The van der Waals surface area contributed by atoms with E-state index in [1.165, 1.54) is 6.42 Å². The molecule has 0 radical (unpaired) electrons. The smallest absolute Gasteiger partial charge is 0.0894 e. The fourth-order valence-corrected chi connectivity index (χ4v) is 1.47. The van der Waals surface area contributed by atoms with Gasteiger partial charge in [-0.05, 0) is 25.8 Å². The maximum atomic E-state index is 9.01. The van der Waals surface area contributed by atoms with Gasteiger partial charge in [-0.15, -0.1) is 0 Å². The van der Waals surface area contributed by atoms with Crippen molar-refractivity contribution in [1.82, 2.24) is 5.32 Å². The second kappa shape index (κ2) is 6.32. The van der Waals surface area contributed by atoms with Crippen molar-refractivity contribution in [3.05, 3.63) is 0 Å². The third kappa shape index (κ3) is 4.57. The van der Waals surface area contributed by atoms with Gasteiger partial charge in [0.05, 0.1) is 18.8 Å². The first-order chi connectivity index (χ1) is 6.33. The predicted octanol–water partition coefficient (Wildman–Crippen LogP) is -0.502. The van der Waals surface area contributed by atoms with Gasteiger partial charge in [0, 0.05) is 13.2 Å². The Morgan fingerprint density at radius 2 is 2.38 bits per heavy atom. The van der Waals surface area contributed by atoms with E-state index in [-0.39, 0.29) is 6.61 Å². The molecule has 3 N–H and O–H groups in total. The molecule has 0 bridgehead atoms. The molecule has 2 atom stereocenters. The van der Waals surface area contributed by atoms with Crippen LogP contribution >= 0.6 is 0 Å². The third-order valence-corrected chi connectivity index (χ3v) is 2.26. The first-order valence-corrected chi connectivity index (χ1v) is 4.94. The van der Waals surface area contributed by atoms with Crippen LogP contribution in [0.5, 0.6) is 0 Å². The fraction of sp³-hybridized carbons (Fsp3) is 1.00. The SMILES string of the molecule is OC[C@@H](O)CNCCC1CCCO1. The van der Waals surface area contributed by atoms with Gasteiger partial charge in [0.1, 0.15) is 0 Å². The Hall–Kier alpha value is -0.160. The topological polar surface area (TPSA) is 61.7 Å². The van der Waals surface area contributed by atoms with E-state index in [0.717, 1.165) is 26.0 Å². The van der Waals surface area contributed by atoms with Crippen molar-refractivity contribution < 1.29 is 14.9 Å². The first kappa shape index (κ1) is 10.9. The molecule has 1 rings (SSSR count). The number of rotatable bonds is 6. The Balaban J connectivity index is 1.88. The molecule has 1 aliphatic heterocycles. The standard InChI is InChI=1S/C9H19NO3/c11-7-8(12)6-10-4-3-9-2-1-5-13-9/h8-12H,1-7H2/t8-,9?/m0/s1. The summed E-state index contributed by atoms with van der Waals surface area (Å²) in [4.78, 5) is 0. The lowest BCUT2D eigenvalue weighted by atomic mass is 10.2. The maximum Gasteiger partial charge on any atom is 0.0894 e. The average molecular weight is 189 g/mol.